The van der Waals surface area contributed by atoms with Gasteiger partial charge in [0.15, 0.2) is 5.69 Å². The first-order valence-corrected chi connectivity index (χ1v) is 9.95. The zero-order chi connectivity index (χ0) is 22.3. The van der Waals surface area contributed by atoms with Crippen molar-refractivity contribution in [3.63, 3.8) is 0 Å². The number of hydrogen-bond donors (Lipinski definition) is 2. The smallest absolute Gasteiger partial charge is 0.335 e. The van der Waals surface area contributed by atoms with E-state index in [0.29, 0.717) is 0 Å². The van der Waals surface area contributed by atoms with Crippen molar-refractivity contribution in [2.24, 2.45) is 16.1 Å². The molecule has 0 aliphatic rings. The number of nitrogens with zero attached hydrogens (tertiary/aromatic N) is 4. The van der Waals surface area contributed by atoms with Crippen LogP contribution in [-0.4, -0.2) is 20.7 Å². The van der Waals surface area contributed by atoms with Gasteiger partial charge in [0.2, 0.25) is 5.88 Å². The fourth-order valence-electron chi connectivity index (χ4n) is 3.21. The molecular formula is C22H26N4O4. The highest BCUT2D eigenvalue weighted by molar-refractivity contribution is 5.88. The molecule has 0 bridgehead atoms. The zero-order valence-corrected chi connectivity index (χ0v) is 17.4. The Morgan fingerprint density at radius 3 is 2.63 bits per heavy atom. The largest absolute Gasteiger partial charge is 0.493 e. The molecule has 0 saturated carbocycles. The van der Waals surface area contributed by atoms with Crippen molar-refractivity contribution in [3.8, 4) is 11.9 Å². The lowest BCUT2D eigenvalue weighted by Gasteiger charge is -2.19. The molecule has 1 aromatic heterocycles. The minimum Gasteiger partial charge on any atom is -0.493 e. The van der Waals surface area contributed by atoms with Crippen LogP contribution in [0.3, 0.4) is 0 Å². The molecule has 0 amide bonds. The summed E-state index contributed by atoms with van der Waals surface area (Å²) in [6, 6.07) is 7.79. The zero-order valence-electron chi connectivity index (χ0n) is 17.4. The van der Waals surface area contributed by atoms with E-state index in [1.165, 1.54) is 29.7 Å². The molecule has 158 valence electrons. The van der Waals surface area contributed by atoms with Gasteiger partial charge in [0.1, 0.15) is 11.6 Å². The van der Waals surface area contributed by atoms with E-state index in [-0.39, 0.29) is 46.4 Å². The Balaban J connectivity index is 2.52. The average Bonchev–Trinajstić information content (AvgIpc) is 2.73. The molecule has 0 saturated heterocycles. The Morgan fingerprint density at radius 1 is 1.30 bits per heavy atom. The normalized spacial score (nSPS) is 12.1. The van der Waals surface area contributed by atoms with Gasteiger partial charge in [-0.3, -0.25) is 9.36 Å². The minimum atomic E-state index is -1.10. The molecule has 0 aliphatic heterocycles. The molecule has 0 radical (unpaired) electrons. The summed E-state index contributed by atoms with van der Waals surface area (Å²) in [6.07, 6.45) is 3.79. The SMILES string of the molecule is CCCCC(CC)Cn1c(O)c(C#N)c(C)c(N=Nc2cccc(C(=O)O)c2)c1=O. The highest BCUT2D eigenvalue weighted by Gasteiger charge is 2.21. The summed E-state index contributed by atoms with van der Waals surface area (Å²) >= 11 is 0. The Bertz CT molecular complexity index is 1050. The summed E-state index contributed by atoms with van der Waals surface area (Å²) in [4.78, 5) is 24.2. The number of pyridine rings is 1. The van der Waals surface area contributed by atoms with Gasteiger partial charge in [0, 0.05) is 12.1 Å². The molecule has 0 aliphatic carbocycles. The monoisotopic (exact) mass is 410 g/mol. The average molecular weight is 410 g/mol. The molecule has 1 heterocycles. The standard InChI is InChI=1S/C22H26N4O4/c1-4-6-8-15(5-2)13-26-20(27)18(12-23)14(3)19(21(26)28)25-24-17-10-7-9-16(11-17)22(29)30/h7,9-11,15,27H,4-6,8,13H2,1-3H3,(H,29,30). The number of hydrogen-bond acceptors (Lipinski definition) is 6. The summed E-state index contributed by atoms with van der Waals surface area (Å²) in [5.74, 6) is -1.28. The van der Waals surface area contributed by atoms with Gasteiger partial charge in [-0.05, 0) is 37.5 Å². The van der Waals surface area contributed by atoms with Crippen LogP contribution in [0.2, 0.25) is 0 Å². The van der Waals surface area contributed by atoms with Crippen molar-refractivity contribution in [1.29, 1.82) is 5.26 Å². The van der Waals surface area contributed by atoms with E-state index in [9.17, 15) is 20.0 Å². The van der Waals surface area contributed by atoms with Crippen LogP contribution < -0.4 is 5.56 Å². The van der Waals surface area contributed by atoms with Crippen molar-refractivity contribution >= 4 is 17.3 Å². The first-order valence-electron chi connectivity index (χ1n) is 9.95. The first kappa shape index (κ1) is 22.8. The number of aromatic carboxylic acids is 1. The maximum atomic E-state index is 13.0. The Labute approximate surface area is 175 Å². The molecule has 8 heteroatoms. The number of aromatic nitrogens is 1. The van der Waals surface area contributed by atoms with E-state index in [2.05, 4.69) is 17.2 Å². The number of rotatable bonds is 9. The highest BCUT2D eigenvalue weighted by Crippen LogP contribution is 2.28. The van der Waals surface area contributed by atoms with Gasteiger partial charge in [-0.25, -0.2) is 4.79 Å². The predicted octanol–water partition coefficient (Wildman–Crippen LogP) is 5.06. The third-order valence-electron chi connectivity index (χ3n) is 5.11. The van der Waals surface area contributed by atoms with Gasteiger partial charge >= 0.3 is 5.97 Å². The number of nitriles is 1. The molecule has 1 unspecified atom stereocenters. The number of benzene rings is 1. The summed E-state index contributed by atoms with van der Waals surface area (Å²) in [7, 11) is 0. The third-order valence-corrected chi connectivity index (χ3v) is 5.11. The second-order valence-electron chi connectivity index (χ2n) is 7.17. The number of carboxylic acid groups (broad SMARTS) is 1. The summed E-state index contributed by atoms with van der Waals surface area (Å²) in [5.41, 5.74) is -0.0522. The van der Waals surface area contributed by atoms with Gasteiger partial charge in [-0.1, -0.05) is 39.2 Å². The Morgan fingerprint density at radius 2 is 2.03 bits per heavy atom. The summed E-state index contributed by atoms with van der Waals surface area (Å²) in [5, 5.41) is 37.1. The third kappa shape index (κ3) is 5.11. The first-order chi connectivity index (χ1) is 14.3. The van der Waals surface area contributed by atoms with Crippen LogP contribution in [0.5, 0.6) is 5.88 Å². The van der Waals surface area contributed by atoms with Crippen molar-refractivity contribution < 1.29 is 15.0 Å². The van der Waals surface area contributed by atoms with E-state index in [1.807, 2.05) is 13.0 Å². The lowest BCUT2D eigenvalue weighted by molar-refractivity contribution is 0.0697. The van der Waals surface area contributed by atoms with Crippen LogP contribution in [0.15, 0.2) is 39.3 Å². The van der Waals surface area contributed by atoms with Gasteiger partial charge in [0.25, 0.3) is 5.56 Å². The predicted molar refractivity (Wildman–Crippen MR) is 113 cm³/mol. The minimum absolute atomic E-state index is 0.0202. The van der Waals surface area contributed by atoms with Crippen molar-refractivity contribution in [3.05, 3.63) is 51.3 Å². The molecule has 2 aromatic rings. The maximum Gasteiger partial charge on any atom is 0.335 e. The lowest BCUT2D eigenvalue weighted by Crippen LogP contribution is -2.25. The number of carboxylic acids is 1. The van der Waals surface area contributed by atoms with Gasteiger partial charge in [-0.15, -0.1) is 5.11 Å². The second kappa shape index (κ2) is 10.3. The lowest BCUT2D eigenvalue weighted by atomic mass is 9.99. The number of unbranched alkanes of at least 4 members (excludes halogenated alkanes) is 1. The second-order valence-corrected chi connectivity index (χ2v) is 7.17. The van der Waals surface area contributed by atoms with Crippen molar-refractivity contribution in [2.45, 2.75) is 53.0 Å². The van der Waals surface area contributed by atoms with E-state index in [4.69, 9.17) is 5.11 Å². The molecule has 1 atom stereocenters. The Hall–Kier alpha value is -3.47. The molecule has 30 heavy (non-hydrogen) atoms. The Kier molecular flexibility index (Phi) is 7.87. The van der Waals surface area contributed by atoms with Crippen LogP contribution in [0.4, 0.5) is 11.4 Å². The van der Waals surface area contributed by atoms with Crippen LogP contribution in [0.25, 0.3) is 0 Å². The van der Waals surface area contributed by atoms with Gasteiger partial charge < -0.3 is 10.2 Å². The van der Waals surface area contributed by atoms with Crippen molar-refractivity contribution in [2.75, 3.05) is 0 Å². The van der Waals surface area contributed by atoms with Crippen molar-refractivity contribution in [1.82, 2.24) is 4.57 Å². The van der Waals surface area contributed by atoms with E-state index < -0.39 is 11.5 Å². The van der Waals surface area contributed by atoms with Crippen LogP contribution in [-0.2, 0) is 6.54 Å². The quantitative estimate of drug-likeness (QED) is 0.558. The summed E-state index contributed by atoms with van der Waals surface area (Å²) < 4.78 is 1.19. The van der Waals surface area contributed by atoms with Gasteiger partial charge in [-0.2, -0.15) is 10.4 Å². The number of aromatic hydroxyl groups is 1. The van der Waals surface area contributed by atoms with E-state index in [0.717, 1.165) is 25.7 Å². The fraction of sp³-hybridized carbons (Fsp3) is 0.409. The van der Waals surface area contributed by atoms with Gasteiger partial charge in [0.05, 0.1) is 11.3 Å². The van der Waals surface area contributed by atoms with Crippen LogP contribution in [0, 0.1) is 24.2 Å². The molecule has 2 N–H and O–H groups in total. The number of azo groups is 1. The highest BCUT2D eigenvalue weighted by atomic mass is 16.4. The number of carbonyl (C=O) groups is 1. The summed E-state index contributed by atoms with van der Waals surface area (Å²) in [6.45, 7) is 5.93. The van der Waals surface area contributed by atoms with E-state index >= 15 is 0 Å². The van der Waals surface area contributed by atoms with E-state index in [1.54, 1.807) is 6.07 Å². The maximum absolute atomic E-state index is 13.0. The molecule has 2 rings (SSSR count). The molecule has 0 fully saturated rings. The van der Waals surface area contributed by atoms with Crippen LogP contribution >= 0.6 is 0 Å². The molecule has 8 nitrogen and oxygen atoms in total. The fourth-order valence-corrected chi connectivity index (χ4v) is 3.21. The topological polar surface area (TPSA) is 128 Å². The molecule has 1 aromatic carbocycles. The van der Waals surface area contributed by atoms with Crippen LogP contribution in [0.1, 0.15) is 61.0 Å². The molecule has 0 spiro atoms. The molecular weight excluding hydrogens is 384 g/mol.